The van der Waals surface area contributed by atoms with Crippen LogP contribution >= 0.6 is 11.6 Å². The zero-order valence-electron chi connectivity index (χ0n) is 13.6. The Morgan fingerprint density at radius 3 is 2.14 bits per heavy atom. The highest BCUT2D eigenvalue weighted by Crippen LogP contribution is 2.33. The van der Waals surface area contributed by atoms with Crippen LogP contribution in [0, 0.1) is 11.8 Å². The molecule has 0 aliphatic rings. The predicted octanol–water partition coefficient (Wildman–Crippen LogP) is 4.76. The molecule has 0 heterocycles. The molecule has 0 fully saturated rings. The second-order valence-electron chi connectivity index (χ2n) is 6.37. The van der Waals surface area contributed by atoms with Gasteiger partial charge in [-0.05, 0) is 36.8 Å². The third-order valence-corrected chi connectivity index (χ3v) is 3.67. The van der Waals surface area contributed by atoms with Gasteiger partial charge < -0.3 is 10.1 Å². The summed E-state index contributed by atoms with van der Waals surface area (Å²) in [6.07, 6.45) is 1.39. The van der Waals surface area contributed by atoms with Crippen molar-refractivity contribution in [1.82, 2.24) is 0 Å². The number of methoxy groups -OCH3 is 1. The van der Waals surface area contributed by atoms with E-state index in [2.05, 4.69) is 33.0 Å². The van der Waals surface area contributed by atoms with Gasteiger partial charge in [0, 0.05) is 0 Å². The zero-order chi connectivity index (χ0) is 16.0. The highest BCUT2D eigenvalue weighted by atomic mass is 35.5. The Bertz CT molecular complexity index is 462. The number of rotatable bonds is 7. The maximum absolute atomic E-state index is 12.5. The Kier molecular flexibility index (Phi) is 6.53. The Balaban J connectivity index is 3.20. The summed E-state index contributed by atoms with van der Waals surface area (Å²) in [6, 6.07) is 7.48. The first-order valence-electron chi connectivity index (χ1n) is 7.42. The fourth-order valence-corrected chi connectivity index (χ4v) is 3.00. The van der Waals surface area contributed by atoms with Gasteiger partial charge in [-0.2, -0.15) is 0 Å². The molecule has 3 nitrogen and oxygen atoms in total. The van der Waals surface area contributed by atoms with Gasteiger partial charge in [0.1, 0.15) is 5.54 Å². The number of anilines is 1. The van der Waals surface area contributed by atoms with E-state index in [-0.39, 0.29) is 5.97 Å². The second kappa shape index (κ2) is 7.69. The van der Waals surface area contributed by atoms with E-state index < -0.39 is 5.54 Å². The van der Waals surface area contributed by atoms with E-state index in [9.17, 15) is 4.79 Å². The lowest BCUT2D eigenvalue weighted by molar-refractivity contribution is -0.147. The Morgan fingerprint density at radius 2 is 1.71 bits per heavy atom. The van der Waals surface area contributed by atoms with E-state index in [1.165, 1.54) is 7.11 Å². The van der Waals surface area contributed by atoms with Gasteiger partial charge >= 0.3 is 5.97 Å². The molecule has 0 unspecified atom stereocenters. The molecule has 118 valence electrons. The summed E-state index contributed by atoms with van der Waals surface area (Å²) in [7, 11) is 1.44. The summed E-state index contributed by atoms with van der Waals surface area (Å²) in [6.45, 7) is 8.41. The van der Waals surface area contributed by atoms with Crippen LogP contribution in [0.4, 0.5) is 5.69 Å². The molecule has 1 aromatic carbocycles. The lowest BCUT2D eigenvalue weighted by atomic mass is 9.81. The summed E-state index contributed by atoms with van der Waals surface area (Å²) in [4.78, 5) is 12.5. The normalized spacial score (nSPS) is 11.8. The number of carbonyl (C=O) groups is 1. The molecule has 1 N–H and O–H groups in total. The minimum atomic E-state index is -0.748. The number of hydrogen-bond donors (Lipinski definition) is 1. The molecular weight excluding hydrogens is 286 g/mol. The van der Waals surface area contributed by atoms with E-state index >= 15 is 0 Å². The SMILES string of the molecule is COC(=O)C(CC(C)C)(CC(C)C)Nc1ccccc1Cl. The van der Waals surface area contributed by atoms with Crippen molar-refractivity contribution in [3.63, 3.8) is 0 Å². The van der Waals surface area contributed by atoms with Crippen molar-refractivity contribution < 1.29 is 9.53 Å². The van der Waals surface area contributed by atoms with Crippen LogP contribution in [0.1, 0.15) is 40.5 Å². The molecule has 0 aliphatic heterocycles. The Hall–Kier alpha value is -1.22. The van der Waals surface area contributed by atoms with Crippen molar-refractivity contribution in [2.24, 2.45) is 11.8 Å². The van der Waals surface area contributed by atoms with Crippen LogP contribution in [0.15, 0.2) is 24.3 Å². The fraction of sp³-hybridized carbons (Fsp3) is 0.588. The molecule has 0 aromatic heterocycles. The molecule has 0 radical (unpaired) electrons. The van der Waals surface area contributed by atoms with Crippen molar-refractivity contribution >= 4 is 23.3 Å². The maximum atomic E-state index is 12.5. The Labute approximate surface area is 133 Å². The average Bonchev–Trinajstić information content (AvgIpc) is 2.38. The van der Waals surface area contributed by atoms with Gasteiger partial charge in [0.05, 0.1) is 17.8 Å². The van der Waals surface area contributed by atoms with Gasteiger partial charge in [-0.25, -0.2) is 4.79 Å². The summed E-state index contributed by atoms with van der Waals surface area (Å²) >= 11 is 6.24. The molecule has 0 aliphatic carbocycles. The quantitative estimate of drug-likeness (QED) is 0.738. The summed E-state index contributed by atoms with van der Waals surface area (Å²) in [5, 5.41) is 3.98. The number of hydrogen-bond acceptors (Lipinski definition) is 3. The number of nitrogens with one attached hydrogen (secondary N) is 1. The number of para-hydroxylation sites is 1. The van der Waals surface area contributed by atoms with Crippen LogP contribution in [-0.4, -0.2) is 18.6 Å². The fourth-order valence-electron chi connectivity index (χ4n) is 2.81. The molecule has 1 aromatic rings. The van der Waals surface area contributed by atoms with E-state index in [1.807, 2.05) is 24.3 Å². The molecule has 4 heteroatoms. The van der Waals surface area contributed by atoms with Gasteiger partial charge in [-0.3, -0.25) is 0 Å². The van der Waals surface area contributed by atoms with Gasteiger partial charge in [0.25, 0.3) is 0 Å². The summed E-state index contributed by atoms with van der Waals surface area (Å²) < 4.78 is 5.09. The van der Waals surface area contributed by atoms with Crippen molar-refractivity contribution in [2.45, 2.75) is 46.1 Å². The first kappa shape index (κ1) is 17.8. The highest BCUT2D eigenvalue weighted by molar-refractivity contribution is 6.33. The molecule has 0 atom stereocenters. The molecule has 0 saturated carbocycles. The number of carbonyl (C=O) groups excluding carboxylic acids is 1. The van der Waals surface area contributed by atoms with Crippen LogP contribution in [0.2, 0.25) is 5.02 Å². The van der Waals surface area contributed by atoms with Gasteiger partial charge in [-0.15, -0.1) is 0 Å². The van der Waals surface area contributed by atoms with Gasteiger partial charge in [0.2, 0.25) is 0 Å². The number of ether oxygens (including phenoxy) is 1. The topological polar surface area (TPSA) is 38.3 Å². The molecule has 0 bridgehead atoms. The highest BCUT2D eigenvalue weighted by Gasteiger charge is 2.41. The zero-order valence-corrected chi connectivity index (χ0v) is 14.3. The van der Waals surface area contributed by atoms with Crippen molar-refractivity contribution in [2.75, 3.05) is 12.4 Å². The van der Waals surface area contributed by atoms with Crippen LogP contribution in [0.5, 0.6) is 0 Å². The van der Waals surface area contributed by atoms with Crippen LogP contribution in [0.3, 0.4) is 0 Å². The lowest BCUT2D eigenvalue weighted by Gasteiger charge is -2.36. The molecular formula is C17H26ClNO2. The minimum absolute atomic E-state index is 0.232. The third kappa shape index (κ3) is 4.92. The largest absolute Gasteiger partial charge is 0.467 e. The van der Waals surface area contributed by atoms with Crippen LogP contribution in [-0.2, 0) is 9.53 Å². The minimum Gasteiger partial charge on any atom is -0.467 e. The third-order valence-electron chi connectivity index (χ3n) is 3.34. The number of esters is 1. The van der Waals surface area contributed by atoms with Gasteiger partial charge in [0.15, 0.2) is 0 Å². The summed E-state index contributed by atoms with van der Waals surface area (Å²) in [5.41, 5.74) is 0.0214. The summed E-state index contributed by atoms with van der Waals surface area (Å²) in [5.74, 6) is 0.487. The number of benzene rings is 1. The number of halogens is 1. The van der Waals surface area contributed by atoms with E-state index in [4.69, 9.17) is 16.3 Å². The maximum Gasteiger partial charge on any atom is 0.331 e. The first-order chi connectivity index (χ1) is 9.80. The van der Waals surface area contributed by atoms with Crippen molar-refractivity contribution in [1.29, 1.82) is 0 Å². The molecule has 0 amide bonds. The molecule has 0 spiro atoms. The van der Waals surface area contributed by atoms with E-state index in [1.54, 1.807) is 0 Å². The molecule has 1 rings (SSSR count). The monoisotopic (exact) mass is 311 g/mol. The molecule has 0 saturated heterocycles. The standard InChI is InChI=1S/C17H26ClNO2/c1-12(2)10-17(11-13(3)4,16(20)21-5)19-15-9-7-6-8-14(15)18/h6-9,12-13,19H,10-11H2,1-5H3. The molecule has 21 heavy (non-hydrogen) atoms. The van der Waals surface area contributed by atoms with Crippen LogP contribution in [0.25, 0.3) is 0 Å². The van der Waals surface area contributed by atoms with Crippen LogP contribution < -0.4 is 5.32 Å². The smallest absolute Gasteiger partial charge is 0.331 e. The average molecular weight is 312 g/mol. The Morgan fingerprint density at radius 1 is 1.19 bits per heavy atom. The predicted molar refractivity (Wildman–Crippen MR) is 88.7 cm³/mol. The second-order valence-corrected chi connectivity index (χ2v) is 6.78. The first-order valence-corrected chi connectivity index (χ1v) is 7.79. The van der Waals surface area contributed by atoms with E-state index in [0.717, 1.165) is 5.69 Å². The lowest BCUT2D eigenvalue weighted by Crippen LogP contribution is -2.49. The van der Waals surface area contributed by atoms with Crippen molar-refractivity contribution in [3.8, 4) is 0 Å². The van der Waals surface area contributed by atoms with E-state index in [0.29, 0.717) is 29.7 Å². The van der Waals surface area contributed by atoms with Gasteiger partial charge in [-0.1, -0.05) is 51.4 Å². The van der Waals surface area contributed by atoms with Crippen molar-refractivity contribution in [3.05, 3.63) is 29.3 Å².